The Morgan fingerprint density at radius 3 is 2.40 bits per heavy atom. The van der Waals surface area contributed by atoms with Crippen molar-refractivity contribution in [3.8, 4) is 0 Å². The minimum atomic E-state index is 0.263. The summed E-state index contributed by atoms with van der Waals surface area (Å²) in [7, 11) is 0. The lowest BCUT2D eigenvalue weighted by atomic mass is 9.82. The summed E-state index contributed by atoms with van der Waals surface area (Å²) < 4.78 is 0. The molecular weight excluding hydrogens is 244 g/mol. The SMILES string of the molecule is CC(CC(=O)c1cccc2ccccc12)CC(C)(C)C. The van der Waals surface area contributed by atoms with Gasteiger partial charge in [-0.25, -0.2) is 0 Å². The lowest BCUT2D eigenvalue weighted by Gasteiger charge is -2.22. The van der Waals surface area contributed by atoms with Gasteiger partial charge in [-0.15, -0.1) is 0 Å². The van der Waals surface area contributed by atoms with Crippen LogP contribution in [0.1, 0.15) is 50.9 Å². The smallest absolute Gasteiger partial charge is 0.163 e. The summed E-state index contributed by atoms with van der Waals surface area (Å²) >= 11 is 0. The fraction of sp³-hybridized carbons (Fsp3) is 0.421. The lowest BCUT2D eigenvalue weighted by Crippen LogP contribution is -2.14. The van der Waals surface area contributed by atoms with Crippen LogP contribution < -0.4 is 0 Å². The predicted molar refractivity (Wildman–Crippen MR) is 86.1 cm³/mol. The van der Waals surface area contributed by atoms with E-state index in [-0.39, 0.29) is 11.2 Å². The van der Waals surface area contributed by atoms with Crippen LogP contribution in [0, 0.1) is 11.3 Å². The van der Waals surface area contributed by atoms with Crippen molar-refractivity contribution in [2.24, 2.45) is 11.3 Å². The molecule has 1 atom stereocenters. The summed E-state index contributed by atoms with van der Waals surface area (Å²) in [5.74, 6) is 0.681. The van der Waals surface area contributed by atoms with E-state index in [1.807, 2.05) is 30.3 Å². The Kier molecular flexibility index (Phi) is 4.27. The molecule has 0 aliphatic heterocycles. The largest absolute Gasteiger partial charge is 0.294 e. The summed E-state index contributed by atoms with van der Waals surface area (Å²) in [6.45, 7) is 8.86. The molecule has 20 heavy (non-hydrogen) atoms. The van der Waals surface area contributed by atoms with Gasteiger partial charge >= 0.3 is 0 Å². The third kappa shape index (κ3) is 3.69. The highest BCUT2D eigenvalue weighted by Crippen LogP contribution is 2.28. The van der Waals surface area contributed by atoms with Crippen molar-refractivity contribution in [3.05, 3.63) is 48.0 Å². The van der Waals surface area contributed by atoms with Crippen molar-refractivity contribution in [3.63, 3.8) is 0 Å². The lowest BCUT2D eigenvalue weighted by molar-refractivity contribution is 0.0956. The molecule has 2 aromatic carbocycles. The molecule has 0 saturated carbocycles. The molecule has 1 nitrogen and oxygen atoms in total. The highest BCUT2D eigenvalue weighted by atomic mass is 16.1. The Bertz CT molecular complexity index is 599. The van der Waals surface area contributed by atoms with Crippen LogP contribution in [0.4, 0.5) is 0 Å². The van der Waals surface area contributed by atoms with Crippen LogP contribution in [-0.2, 0) is 0 Å². The van der Waals surface area contributed by atoms with E-state index in [1.54, 1.807) is 0 Å². The summed E-state index contributed by atoms with van der Waals surface area (Å²) in [4.78, 5) is 12.6. The second-order valence-electron chi connectivity index (χ2n) is 7.02. The average Bonchev–Trinajstić information content (AvgIpc) is 2.35. The number of hydrogen-bond acceptors (Lipinski definition) is 1. The van der Waals surface area contributed by atoms with Crippen LogP contribution in [0.3, 0.4) is 0 Å². The molecule has 0 amide bonds. The third-order valence-corrected chi connectivity index (χ3v) is 3.58. The van der Waals surface area contributed by atoms with Crippen molar-refractivity contribution >= 4 is 16.6 Å². The van der Waals surface area contributed by atoms with Crippen molar-refractivity contribution in [2.75, 3.05) is 0 Å². The summed E-state index contributed by atoms with van der Waals surface area (Å²) in [5.41, 5.74) is 1.14. The van der Waals surface area contributed by atoms with E-state index in [2.05, 4.69) is 39.8 Å². The molecule has 1 unspecified atom stereocenters. The van der Waals surface area contributed by atoms with Gasteiger partial charge in [-0.1, -0.05) is 70.2 Å². The number of carbonyl (C=O) groups is 1. The van der Waals surface area contributed by atoms with Crippen LogP contribution in [0.2, 0.25) is 0 Å². The minimum absolute atomic E-state index is 0.263. The van der Waals surface area contributed by atoms with Gasteiger partial charge in [-0.3, -0.25) is 4.79 Å². The van der Waals surface area contributed by atoms with Gasteiger partial charge in [0.05, 0.1) is 0 Å². The molecule has 0 bridgehead atoms. The highest BCUT2D eigenvalue weighted by Gasteiger charge is 2.19. The van der Waals surface area contributed by atoms with Crippen molar-refractivity contribution in [2.45, 2.75) is 40.5 Å². The van der Waals surface area contributed by atoms with Gasteiger partial charge in [0.25, 0.3) is 0 Å². The van der Waals surface area contributed by atoms with Gasteiger partial charge in [0.2, 0.25) is 0 Å². The monoisotopic (exact) mass is 268 g/mol. The molecule has 0 saturated heterocycles. The van der Waals surface area contributed by atoms with Crippen molar-refractivity contribution < 1.29 is 4.79 Å². The molecule has 0 heterocycles. The first kappa shape index (κ1) is 14.8. The van der Waals surface area contributed by atoms with Crippen LogP contribution in [0.5, 0.6) is 0 Å². The van der Waals surface area contributed by atoms with Gasteiger partial charge in [0.1, 0.15) is 0 Å². The number of benzene rings is 2. The van der Waals surface area contributed by atoms with Gasteiger partial charge in [-0.05, 0) is 28.5 Å². The summed E-state index contributed by atoms with van der Waals surface area (Å²) in [6.07, 6.45) is 1.70. The number of hydrogen-bond donors (Lipinski definition) is 0. The second-order valence-corrected chi connectivity index (χ2v) is 7.02. The maximum atomic E-state index is 12.6. The Morgan fingerprint density at radius 1 is 1.05 bits per heavy atom. The zero-order chi connectivity index (χ0) is 14.8. The zero-order valence-electron chi connectivity index (χ0n) is 12.9. The maximum Gasteiger partial charge on any atom is 0.163 e. The van der Waals surface area contributed by atoms with E-state index in [4.69, 9.17) is 0 Å². The Hall–Kier alpha value is -1.63. The topological polar surface area (TPSA) is 17.1 Å². The second kappa shape index (κ2) is 5.78. The van der Waals surface area contributed by atoms with E-state index in [0.717, 1.165) is 22.8 Å². The van der Waals surface area contributed by atoms with Crippen molar-refractivity contribution in [1.29, 1.82) is 0 Å². The first-order valence-corrected chi connectivity index (χ1v) is 7.38. The zero-order valence-corrected chi connectivity index (χ0v) is 12.9. The number of carbonyl (C=O) groups excluding carboxylic acids is 1. The molecule has 0 N–H and O–H groups in total. The number of Topliss-reactive ketones (excluding diaryl/α,β-unsaturated/α-hetero) is 1. The van der Waals surface area contributed by atoms with Gasteiger partial charge in [-0.2, -0.15) is 0 Å². The van der Waals surface area contributed by atoms with Crippen LogP contribution in [0.15, 0.2) is 42.5 Å². The van der Waals surface area contributed by atoms with E-state index in [0.29, 0.717) is 12.3 Å². The Morgan fingerprint density at radius 2 is 1.70 bits per heavy atom. The van der Waals surface area contributed by atoms with Gasteiger partial charge in [0.15, 0.2) is 5.78 Å². The number of ketones is 1. The Labute approximate surface area is 122 Å². The van der Waals surface area contributed by atoms with Gasteiger partial charge < -0.3 is 0 Å². The normalized spacial score (nSPS) is 13.4. The molecule has 0 fully saturated rings. The predicted octanol–water partition coefficient (Wildman–Crippen LogP) is 5.48. The average molecular weight is 268 g/mol. The minimum Gasteiger partial charge on any atom is -0.294 e. The molecule has 0 spiro atoms. The van der Waals surface area contributed by atoms with Crippen LogP contribution in [-0.4, -0.2) is 5.78 Å². The molecule has 2 rings (SSSR count). The molecule has 0 aliphatic rings. The molecule has 1 heteroatoms. The Balaban J connectivity index is 2.20. The molecular formula is C19H24O. The standard InChI is InChI=1S/C19H24O/c1-14(13-19(2,3)4)12-18(20)17-11-7-9-15-8-5-6-10-16(15)17/h5-11,14H,12-13H2,1-4H3. The molecule has 0 aromatic heterocycles. The molecule has 106 valence electrons. The van der Waals surface area contributed by atoms with Crippen molar-refractivity contribution in [1.82, 2.24) is 0 Å². The first-order valence-electron chi connectivity index (χ1n) is 7.38. The van der Waals surface area contributed by atoms with E-state index >= 15 is 0 Å². The molecule has 0 aliphatic carbocycles. The van der Waals surface area contributed by atoms with E-state index in [9.17, 15) is 4.79 Å². The summed E-state index contributed by atoms with van der Waals surface area (Å²) in [5, 5.41) is 2.21. The van der Waals surface area contributed by atoms with E-state index < -0.39 is 0 Å². The van der Waals surface area contributed by atoms with Crippen LogP contribution >= 0.6 is 0 Å². The summed E-state index contributed by atoms with van der Waals surface area (Å²) in [6, 6.07) is 14.1. The van der Waals surface area contributed by atoms with Crippen LogP contribution in [0.25, 0.3) is 10.8 Å². The van der Waals surface area contributed by atoms with E-state index in [1.165, 1.54) is 0 Å². The highest BCUT2D eigenvalue weighted by molar-refractivity contribution is 6.08. The molecule has 0 radical (unpaired) electrons. The quantitative estimate of drug-likeness (QED) is 0.670. The molecule has 2 aromatic rings. The van der Waals surface area contributed by atoms with Gasteiger partial charge in [0, 0.05) is 12.0 Å². The third-order valence-electron chi connectivity index (χ3n) is 3.58. The fourth-order valence-corrected chi connectivity index (χ4v) is 3.01. The first-order chi connectivity index (χ1) is 9.37. The maximum absolute atomic E-state index is 12.6. The fourth-order valence-electron chi connectivity index (χ4n) is 3.01. The number of rotatable bonds is 4. The number of fused-ring (bicyclic) bond motifs is 1.